The zero-order chi connectivity index (χ0) is 30.0. The molecule has 0 aromatic heterocycles. The number of Topliss-reactive ketones (excluding diaryl/α,β-unsaturated/α-hetero) is 1. The molecule has 2 aliphatic rings. The van der Waals surface area contributed by atoms with Gasteiger partial charge in [0, 0.05) is 30.2 Å². The molecule has 0 spiro atoms. The minimum Gasteiger partial charge on any atom is -0.459 e. The molecular weight excluding hydrogens is 506 g/mol. The van der Waals surface area contributed by atoms with Crippen molar-refractivity contribution < 1.29 is 44.2 Å². The van der Waals surface area contributed by atoms with Gasteiger partial charge in [0.15, 0.2) is 6.29 Å². The number of hydrogen-bond donors (Lipinski definition) is 4. The van der Waals surface area contributed by atoms with Crippen LogP contribution in [0, 0.1) is 23.7 Å². The average molecular weight is 560 g/mol. The summed E-state index contributed by atoms with van der Waals surface area (Å²) >= 11 is 0. The zero-order valence-electron chi connectivity index (χ0n) is 25.5. The first-order valence-electron chi connectivity index (χ1n) is 14.4. The Bertz CT molecular complexity index is 832. The minimum atomic E-state index is -1.91. The number of nitrogens with zero attached hydrogens (tertiary/aromatic N) is 1. The predicted octanol–water partition coefficient (Wildman–Crippen LogP) is 1.89. The van der Waals surface area contributed by atoms with Crippen molar-refractivity contribution in [2.45, 2.75) is 135 Å². The average Bonchev–Trinajstić information content (AvgIpc) is 2.85. The SMILES string of the molecule is CC[C@H]1OC(=O)[C@H](C)C(O)[C@H](C)[C@@H](OC2C[C@@H](N(C)C)C[C@@H](C)O2)[C@](C)(O)C[C@@H](C)C(=O)[C@H](C)[C@@H](O)[C@]1(C)O. The number of cyclic esters (lactones) is 1. The highest BCUT2D eigenvalue weighted by Crippen LogP contribution is 2.37. The van der Waals surface area contributed by atoms with Crippen molar-refractivity contribution in [3.8, 4) is 0 Å². The maximum atomic E-state index is 13.4. The second-order valence-electron chi connectivity index (χ2n) is 12.8. The Morgan fingerprint density at radius 3 is 2.13 bits per heavy atom. The highest BCUT2D eigenvalue weighted by atomic mass is 16.7. The topological polar surface area (TPSA) is 146 Å². The van der Waals surface area contributed by atoms with E-state index in [0.717, 1.165) is 6.42 Å². The lowest BCUT2D eigenvalue weighted by atomic mass is 9.74. The molecule has 10 heteroatoms. The van der Waals surface area contributed by atoms with Gasteiger partial charge in [0.05, 0.1) is 35.9 Å². The Morgan fingerprint density at radius 1 is 1.00 bits per heavy atom. The van der Waals surface area contributed by atoms with Crippen molar-refractivity contribution in [3.05, 3.63) is 0 Å². The highest BCUT2D eigenvalue weighted by Gasteiger charge is 2.50. The third-order valence-corrected chi connectivity index (χ3v) is 9.00. The fraction of sp³-hybridized carbons (Fsp3) is 0.931. The van der Waals surface area contributed by atoms with Crippen LogP contribution < -0.4 is 0 Å². The van der Waals surface area contributed by atoms with Crippen LogP contribution in [0.25, 0.3) is 0 Å². The number of aliphatic hydroxyl groups excluding tert-OH is 2. The van der Waals surface area contributed by atoms with Crippen LogP contribution in [0.4, 0.5) is 0 Å². The smallest absolute Gasteiger partial charge is 0.311 e. The third-order valence-electron chi connectivity index (χ3n) is 9.00. The van der Waals surface area contributed by atoms with Gasteiger partial charge in [-0.15, -0.1) is 0 Å². The monoisotopic (exact) mass is 559 g/mol. The van der Waals surface area contributed by atoms with Gasteiger partial charge in [0.2, 0.25) is 0 Å². The maximum absolute atomic E-state index is 13.4. The highest BCUT2D eigenvalue weighted by molar-refractivity contribution is 5.83. The van der Waals surface area contributed by atoms with Crippen LogP contribution in [0.1, 0.15) is 81.1 Å². The molecule has 2 saturated heterocycles. The first-order chi connectivity index (χ1) is 17.8. The van der Waals surface area contributed by atoms with Crippen LogP contribution >= 0.6 is 0 Å². The summed E-state index contributed by atoms with van der Waals surface area (Å²) < 4.78 is 18.1. The quantitative estimate of drug-likeness (QED) is 0.377. The van der Waals surface area contributed by atoms with Crippen LogP contribution in [0.15, 0.2) is 0 Å². The van der Waals surface area contributed by atoms with Crippen molar-refractivity contribution in [1.82, 2.24) is 4.90 Å². The van der Waals surface area contributed by atoms with Gasteiger partial charge >= 0.3 is 5.97 Å². The maximum Gasteiger partial charge on any atom is 0.311 e. The molecule has 2 heterocycles. The molecule has 0 aromatic rings. The Labute approximate surface area is 234 Å². The molecule has 0 amide bonds. The largest absolute Gasteiger partial charge is 0.459 e. The van der Waals surface area contributed by atoms with Crippen LogP contribution in [-0.2, 0) is 23.8 Å². The van der Waals surface area contributed by atoms with E-state index < -0.39 is 71.5 Å². The summed E-state index contributed by atoms with van der Waals surface area (Å²) in [5, 5.41) is 45.3. The summed E-state index contributed by atoms with van der Waals surface area (Å²) in [6.45, 7) is 13.0. The van der Waals surface area contributed by atoms with Crippen molar-refractivity contribution in [2.75, 3.05) is 14.1 Å². The molecule has 0 aromatic carbocycles. The van der Waals surface area contributed by atoms with E-state index in [2.05, 4.69) is 4.90 Å². The molecule has 0 radical (unpaired) electrons. The second kappa shape index (κ2) is 13.2. The van der Waals surface area contributed by atoms with Gasteiger partial charge in [-0.25, -0.2) is 0 Å². The molecule has 0 aliphatic carbocycles. The van der Waals surface area contributed by atoms with Crippen LogP contribution in [0.2, 0.25) is 0 Å². The summed E-state index contributed by atoms with van der Waals surface area (Å²) in [6, 6.07) is 0.193. The molecule has 228 valence electrons. The number of ether oxygens (including phenoxy) is 3. The summed E-state index contributed by atoms with van der Waals surface area (Å²) in [6.07, 6.45) is -4.12. The molecule has 0 bridgehead atoms. The number of hydrogen-bond acceptors (Lipinski definition) is 10. The standard InChI is InChI=1S/C29H53NO9/c1-11-21-29(8,36)25(33)17(4)23(31)15(2)14-28(7,35)26(18(5)24(32)19(6)27(34)38-21)39-22-13-20(30(9)10)12-16(3)37-22/h15-22,24-26,32-33,35-36H,11-14H2,1-10H3/t15-,16-,17+,18+,19-,20+,21-,22?,24?,25-,26-,28-,29-/m1/s1. The lowest BCUT2D eigenvalue weighted by Gasteiger charge is -2.45. The van der Waals surface area contributed by atoms with E-state index in [4.69, 9.17) is 14.2 Å². The zero-order valence-corrected chi connectivity index (χ0v) is 25.5. The van der Waals surface area contributed by atoms with Crippen LogP contribution in [0.3, 0.4) is 0 Å². The Hall–Kier alpha value is -1.14. The van der Waals surface area contributed by atoms with Crippen molar-refractivity contribution in [1.29, 1.82) is 0 Å². The molecule has 0 saturated carbocycles. The normalized spacial score (nSPS) is 47.5. The molecule has 2 rings (SSSR count). The fourth-order valence-electron chi connectivity index (χ4n) is 6.36. The summed E-state index contributed by atoms with van der Waals surface area (Å²) in [7, 11) is 3.97. The molecule has 2 unspecified atom stereocenters. The van der Waals surface area contributed by atoms with Gasteiger partial charge in [0.1, 0.15) is 17.5 Å². The number of carbonyl (C=O) groups is 2. The lowest BCUT2D eigenvalue weighted by molar-refractivity contribution is -0.267. The number of ketones is 1. The Kier molecular flexibility index (Phi) is 11.6. The van der Waals surface area contributed by atoms with E-state index >= 15 is 0 Å². The molecule has 2 fully saturated rings. The van der Waals surface area contributed by atoms with E-state index in [-0.39, 0.29) is 30.8 Å². The van der Waals surface area contributed by atoms with E-state index in [0.29, 0.717) is 6.42 Å². The fourth-order valence-corrected chi connectivity index (χ4v) is 6.36. The van der Waals surface area contributed by atoms with E-state index in [1.165, 1.54) is 20.8 Å². The number of aliphatic hydroxyl groups is 4. The lowest BCUT2D eigenvalue weighted by Crippen LogP contribution is -2.58. The van der Waals surface area contributed by atoms with E-state index in [9.17, 15) is 30.0 Å². The molecule has 10 nitrogen and oxygen atoms in total. The second-order valence-corrected chi connectivity index (χ2v) is 12.8. The minimum absolute atomic E-state index is 0.0256. The van der Waals surface area contributed by atoms with Gasteiger partial charge in [-0.05, 0) is 61.1 Å². The predicted molar refractivity (Wildman–Crippen MR) is 146 cm³/mol. The van der Waals surface area contributed by atoms with Gasteiger partial charge in [-0.3, -0.25) is 9.59 Å². The summed E-state index contributed by atoms with van der Waals surface area (Å²) in [4.78, 5) is 28.7. The van der Waals surface area contributed by atoms with Gasteiger partial charge in [-0.1, -0.05) is 27.7 Å². The van der Waals surface area contributed by atoms with Gasteiger partial charge in [0.25, 0.3) is 0 Å². The van der Waals surface area contributed by atoms with Crippen LogP contribution in [0.5, 0.6) is 0 Å². The number of rotatable bonds is 4. The summed E-state index contributed by atoms with van der Waals surface area (Å²) in [5.74, 6) is -4.59. The number of carbonyl (C=O) groups excluding carboxylic acids is 2. The Balaban J connectivity index is 2.51. The van der Waals surface area contributed by atoms with E-state index in [1.807, 2.05) is 21.0 Å². The first-order valence-corrected chi connectivity index (χ1v) is 14.4. The molecule has 4 N–H and O–H groups in total. The van der Waals surface area contributed by atoms with Gasteiger partial charge in [-0.2, -0.15) is 0 Å². The molecule has 2 aliphatic heterocycles. The third kappa shape index (κ3) is 7.78. The van der Waals surface area contributed by atoms with Crippen molar-refractivity contribution >= 4 is 11.8 Å². The van der Waals surface area contributed by atoms with Crippen molar-refractivity contribution in [2.24, 2.45) is 23.7 Å². The number of esters is 1. The molecule has 13 atom stereocenters. The Morgan fingerprint density at radius 2 is 1.59 bits per heavy atom. The molecule has 39 heavy (non-hydrogen) atoms. The molecular formula is C29H53NO9. The van der Waals surface area contributed by atoms with Gasteiger partial charge < -0.3 is 39.5 Å². The summed E-state index contributed by atoms with van der Waals surface area (Å²) in [5.41, 5.74) is -3.52. The van der Waals surface area contributed by atoms with Crippen molar-refractivity contribution in [3.63, 3.8) is 0 Å². The van der Waals surface area contributed by atoms with Crippen LogP contribution in [-0.4, -0.2) is 105 Å². The first kappa shape index (κ1) is 34.1. The van der Waals surface area contributed by atoms with E-state index in [1.54, 1.807) is 27.7 Å².